The summed E-state index contributed by atoms with van der Waals surface area (Å²) in [5, 5.41) is 5.27. The number of fused-ring (bicyclic) bond motifs is 1. The fourth-order valence-corrected chi connectivity index (χ4v) is 4.24. The Morgan fingerprint density at radius 1 is 0.969 bits per heavy atom. The van der Waals surface area contributed by atoms with Crippen molar-refractivity contribution in [2.75, 3.05) is 31.1 Å². The number of rotatable bonds is 5. The zero-order valence-corrected chi connectivity index (χ0v) is 17.3. The Morgan fingerprint density at radius 2 is 1.69 bits per heavy atom. The first kappa shape index (κ1) is 20.1. The van der Waals surface area contributed by atoms with Crippen molar-refractivity contribution in [1.29, 1.82) is 0 Å². The Morgan fingerprint density at radius 3 is 2.38 bits per heavy atom. The Labute approximate surface area is 184 Å². The van der Waals surface area contributed by atoms with E-state index in [1.165, 1.54) is 18.5 Å². The number of amides is 1. The summed E-state index contributed by atoms with van der Waals surface area (Å²) in [5.41, 5.74) is 8.02. The Kier molecular flexibility index (Phi) is 5.24. The number of aromatic nitrogens is 4. The number of primary amides is 1. The first-order chi connectivity index (χ1) is 15.6. The molecule has 1 aliphatic heterocycles. The highest BCUT2D eigenvalue weighted by Gasteiger charge is 2.30. The van der Waals surface area contributed by atoms with Gasteiger partial charge in [0.25, 0.3) is 0 Å². The van der Waals surface area contributed by atoms with Crippen LogP contribution in [0, 0.1) is 5.82 Å². The summed E-state index contributed by atoms with van der Waals surface area (Å²) in [6, 6.07) is 15.3. The van der Waals surface area contributed by atoms with Crippen molar-refractivity contribution in [2.45, 2.75) is 6.04 Å². The fraction of sp³-hybridized carbons (Fsp3) is 0.217. The van der Waals surface area contributed by atoms with E-state index in [0.717, 1.165) is 22.5 Å². The summed E-state index contributed by atoms with van der Waals surface area (Å²) in [7, 11) is 0. The van der Waals surface area contributed by atoms with Crippen LogP contribution >= 0.6 is 0 Å². The number of anilines is 1. The molecule has 2 N–H and O–H groups in total. The molecule has 0 aliphatic carbocycles. The van der Waals surface area contributed by atoms with Crippen LogP contribution in [0.2, 0.25) is 0 Å². The van der Waals surface area contributed by atoms with Crippen molar-refractivity contribution in [2.24, 2.45) is 5.73 Å². The van der Waals surface area contributed by atoms with Crippen molar-refractivity contribution >= 4 is 22.8 Å². The number of nitrogens with two attached hydrogens (primary N) is 1. The van der Waals surface area contributed by atoms with Gasteiger partial charge < -0.3 is 10.6 Å². The van der Waals surface area contributed by atoms with Gasteiger partial charge in [-0.15, -0.1) is 0 Å². The summed E-state index contributed by atoms with van der Waals surface area (Å²) >= 11 is 0. The lowest BCUT2D eigenvalue weighted by Gasteiger charge is -2.38. The van der Waals surface area contributed by atoms with Crippen molar-refractivity contribution < 1.29 is 9.18 Å². The number of carbonyl (C=O) groups is 1. The number of nitrogens with zero attached hydrogens (tertiary/aromatic N) is 6. The van der Waals surface area contributed by atoms with Gasteiger partial charge in [-0.1, -0.05) is 30.3 Å². The summed E-state index contributed by atoms with van der Waals surface area (Å²) in [6.07, 6.45) is 3.25. The van der Waals surface area contributed by atoms with Gasteiger partial charge in [-0.3, -0.25) is 9.69 Å². The molecular formula is C23H22FN7O. The van der Waals surface area contributed by atoms with Crippen LogP contribution in [0.25, 0.3) is 16.7 Å². The number of hydrogen-bond donors (Lipinski definition) is 1. The maximum absolute atomic E-state index is 13.3. The van der Waals surface area contributed by atoms with Gasteiger partial charge in [-0.05, 0) is 29.8 Å². The van der Waals surface area contributed by atoms with E-state index < -0.39 is 6.04 Å². The zero-order valence-electron chi connectivity index (χ0n) is 17.3. The number of carbonyl (C=O) groups excluding carboxylic acids is 1. The molecular weight excluding hydrogens is 409 g/mol. The molecule has 8 nitrogen and oxygen atoms in total. The van der Waals surface area contributed by atoms with Gasteiger partial charge in [0, 0.05) is 26.2 Å². The molecule has 1 fully saturated rings. The summed E-state index contributed by atoms with van der Waals surface area (Å²) in [6.45, 7) is 2.70. The first-order valence-electron chi connectivity index (χ1n) is 10.4. The van der Waals surface area contributed by atoms with Gasteiger partial charge in [0.05, 0.1) is 17.3 Å². The third kappa shape index (κ3) is 3.67. The molecule has 0 bridgehead atoms. The lowest BCUT2D eigenvalue weighted by Crippen LogP contribution is -2.50. The molecule has 0 unspecified atom stereocenters. The van der Waals surface area contributed by atoms with E-state index in [4.69, 9.17) is 5.73 Å². The van der Waals surface area contributed by atoms with E-state index in [9.17, 15) is 9.18 Å². The van der Waals surface area contributed by atoms with Crippen LogP contribution < -0.4 is 10.6 Å². The van der Waals surface area contributed by atoms with E-state index in [1.54, 1.807) is 23.0 Å². The largest absolute Gasteiger partial charge is 0.368 e. The van der Waals surface area contributed by atoms with Gasteiger partial charge in [0.1, 0.15) is 24.0 Å². The number of halogens is 1. The molecule has 5 rings (SSSR count). The van der Waals surface area contributed by atoms with Crippen LogP contribution in [0.3, 0.4) is 0 Å². The predicted molar refractivity (Wildman–Crippen MR) is 119 cm³/mol. The van der Waals surface area contributed by atoms with Gasteiger partial charge >= 0.3 is 0 Å². The predicted octanol–water partition coefficient (Wildman–Crippen LogP) is 2.30. The van der Waals surface area contributed by atoms with Crippen LogP contribution in [-0.4, -0.2) is 56.7 Å². The molecule has 2 aromatic carbocycles. The maximum Gasteiger partial charge on any atom is 0.239 e. The van der Waals surface area contributed by atoms with Crippen molar-refractivity contribution in [1.82, 2.24) is 24.6 Å². The highest BCUT2D eigenvalue weighted by Crippen LogP contribution is 2.28. The quantitative estimate of drug-likeness (QED) is 0.521. The van der Waals surface area contributed by atoms with Crippen LogP contribution in [0.5, 0.6) is 0 Å². The molecule has 3 heterocycles. The average Bonchev–Trinajstić information content (AvgIpc) is 3.25. The van der Waals surface area contributed by atoms with Crippen molar-refractivity contribution in [3.8, 4) is 5.69 Å². The molecule has 1 saturated heterocycles. The van der Waals surface area contributed by atoms with E-state index >= 15 is 0 Å². The van der Waals surface area contributed by atoms with Gasteiger partial charge in [0.15, 0.2) is 5.65 Å². The molecule has 1 atom stereocenters. The molecule has 1 amide bonds. The Balaban J connectivity index is 1.38. The van der Waals surface area contributed by atoms with Gasteiger partial charge in [-0.2, -0.15) is 5.10 Å². The first-order valence-corrected chi connectivity index (χ1v) is 10.4. The number of piperazine rings is 1. The minimum Gasteiger partial charge on any atom is -0.368 e. The average molecular weight is 431 g/mol. The normalized spacial score (nSPS) is 15.7. The zero-order chi connectivity index (χ0) is 22.1. The minimum atomic E-state index is -0.454. The van der Waals surface area contributed by atoms with E-state index in [1.807, 2.05) is 30.3 Å². The SMILES string of the molecule is NC(=O)[C@H](c1ccccc1)N1CCN(c2ncnc3c2cnn3-c2ccc(F)cc2)CC1. The molecule has 9 heteroatoms. The lowest BCUT2D eigenvalue weighted by atomic mass is 10.0. The lowest BCUT2D eigenvalue weighted by molar-refractivity contribution is -0.123. The van der Waals surface area contributed by atoms with Crippen LogP contribution in [0.4, 0.5) is 10.2 Å². The highest BCUT2D eigenvalue weighted by molar-refractivity contribution is 5.87. The third-order valence-corrected chi connectivity index (χ3v) is 5.78. The molecule has 32 heavy (non-hydrogen) atoms. The summed E-state index contributed by atoms with van der Waals surface area (Å²) in [4.78, 5) is 25.4. The smallest absolute Gasteiger partial charge is 0.239 e. The van der Waals surface area contributed by atoms with Crippen LogP contribution in [0.15, 0.2) is 67.1 Å². The molecule has 162 valence electrons. The van der Waals surface area contributed by atoms with E-state index in [-0.39, 0.29) is 11.7 Å². The molecule has 0 spiro atoms. The molecule has 0 saturated carbocycles. The molecule has 2 aromatic heterocycles. The second-order valence-corrected chi connectivity index (χ2v) is 7.71. The standard InChI is InChI=1S/C23H22FN7O/c24-17-6-8-18(9-7-17)31-23-19(14-28-31)22(26-15-27-23)30-12-10-29(11-13-30)20(21(25)32)16-4-2-1-3-5-16/h1-9,14-15,20H,10-13H2,(H2,25,32)/t20-/m0/s1. The third-order valence-electron chi connectivity index (χ3n) is 5.78. The van der Waals surface area contributed by atoms with Crippen molar-refractivity contribution in [3.63, 3.8) is 0 Å². The van der Waals surface area contributed by atoms with Gasteiger partial charge in [0.2, 0.25) is 5.91 Å². The Hall–Kier alpha value is -3.85. The van der Waals surface area contributed by atoms with E-state index in [2.05, 4.69) is 24.9 Å². The highest BCUT2D eigenvalue weighted by atomic mass is 19.1. The summed E-state index contributed by atoms with van der Waals surface area (Å²) < 4.78 is 15.0. The fourth-order valence-electron chi connectivity index (χ4n) is 4.24. The monoisotopic (exact) mass is 431 g/mol. The van der Waals surface area contributed by atoms with Crippen LogP contribution in [0.1, 0.15) is 11.6 Å². The number of benzene rings is 2. The Bertz CT molecular complexity index is 1230. The molecule has 1 aliphatic rings. The second-order valence-electron chi connectivity index (χ2n) is 7.71. The molecule has 4 aromatic rings. The minimum absolute atomic E-state index is 0.303. The topological polar surface area (TPSA) is 93.2 Å². The summed E-state index contributed by atoms with van der Waals surface area (Å²) in [5.74, 6) is 0.135. The molecule has 0 radical (unpaired) electrons. The second kappa shape index (κ2) is 8.35. The van der Waals surface area contributed by atoms with Gasteiger partial charge in [-0.25, -0.2) is 19.0 Å². The van der Waals surface area contributed by atoms with Crippen LogP contribution in [-0.2, 0) is 4.79 Å². The van der Waals surface area contributed by atoms with E-state index in [0.29, 0.717) is 31.8 Å². The maximum atomic E-state index is 13.3. The van der Waals surface area contributed by atoms with Crippen molar-refractivity contribution in [3.05, 3.63) is 78.5 Å². The number of hydrogen-bond acceptors (Lipinski definition) is 6.